The monoisotopic (exact) mass is 496 g/mol. The second-order valence-electron chi connectivity index (χ2n) is 7.88. The summed E-state index contributed by atoms with van der Waals surface area (Å²) in [6.07, 6.45) is 1.25. The summed E-state index contributed by atoms with van der Waals surface area (Å²) < 4.78 is 14.2. The number of likely N-dealkylation sites (tertiary alicyclic amines) is 1. The first kappa shape index (κ1) is 26.9. The highest BCUT2D eigenvalue weighted by atomic mass is 32.2. The van der Waals surface area contributed by atoms with Crippen molar-refractivity contribution >= 4 is 50.3 Å². The van der Waals surface area contributed by atoms with Gasteiger partial charge in [-0.3, -0.25) is 9.59 Å². The molecule has 7 nitrogen and oxygen atoms in total. The first-order chi connectivity index (χ1) is 15.7. The van der Waals surface area contributed by atoms with Crippen LogP contribution in [0.1, 0.15) is 44.2 Å². The number of carboxylic acid groups (broad SMARTS) is 1. The van der Waals surface area contributed by atoms with Gasteiger partial charge in [-0.15, -0.1) is 0 Å². The minimum Gasteiger partial charge on any atom is -0.480 e. The van der Waals surface area contributed by atoms with E-state index in [9.17, 15) is 14.0 Å². The van der Waals surface area contributed by atoms with E-state index >= 15 is 0 Å². The molecule has 1 fully saturated rings. The molecule has 3 N–H and O–H groups in total. The van der Waals surface area contributed by atoms with Crippen LogP contribution in [0, 0.1) is 13.8 Å². The fourth-order valence-corrected chi connectivity index (χ4v) is 5.10. The molecular formula is C23H33FN4O3S2. The molecule has 1 saturated heterocycles. The second kappa shape index (κ2) is 12.8. The number of carboxylic acids is 1. The highest BCUT2D eigenvalue weighted by Gasteiger charge is 2.22. The summed E-state index contributed by atoms with van der Waals surface area (Å²) in [5.74, 6) is -0.993. The van der Waals surface area contributed by atoms with Crippen LogP contribution in [0.2, 0.25) is 0 Å². The highest BCUT2D eigenvalue weighted by Crippen LogP contribution is 2.37. The van der Waals surface area contributed by atoms with Crippen molar-refractivity contribution in [1.29, 1.82) is 0 Å². The first-order valence-electron chi connectivity index (χ1n) is 11.0. The number of aryl methyl sites for hydroxylation is 1. The molecule has 2 heterocycles. The molecular weight excluding hydrogens is 463 g/mol. The molecule has 0 aliphatic carbocycles. The summed E-state index contributed by atoms with van der Waals surface area (Å²) in [4.78, 5) is 30.2. The maximum absolute atomic E-state index is 13.2. The zero-order chi connectivity index (χ0) is 24.5. The van der Waals surface area contributed by atoms with Gasteiger partial charge in [0.05, 0.1) is 21.8 Å². The van der Waals surface area contributed by atoms with E-state index in [1.54, 1.807) is 4.90 Å². The zero-order valence-electron chi connectivity index (χ0n) is 19.7. The Kier molecular flexibility index (Phi) is 10.4. The fraction of sp³-hybridized carbons (Fsp3) is 0.522. The smallest absolute Gasteiger partial charge is 0.322 e. The number of nitrogens with one attached hydrogen (secondary N) is 2. The van der Waals surface area contributed by atoms with Gasteiger partial charge >= 0.3 is 5.97 Å². The van der Waals surface area contributed by atoms with Gasteiger partial charge in [0.15, 0.2) is 5.13 Å². The molecule has 1 aliphatic heterocycles. The highest BCUT2D eigenvalue weighted by molar-refractivity contribution is 8.03. The summed E-state index contributed by atoms with van der Waals surface area (Å²) in [5, 5.41) is 15.9. The van der Waals surface area contributed by atoms with E-state index in [0.29, 0.717) is 36.1 Å². The van der Waals surface area contributed by atoms with E-state index in [0.717, 1.165) is 26.2 Å². The minimum absolute atomic E-state index is 0.0522. The molecule has 2 aromatic rings. The Balaban J connectivity index is 0.00000122. The Hall–Kier alpha value is -2.33. The number of halogens is 1. The van der Waals surface area contributed by atoms with E-state index in [1.165, 1.54) is 29.5 Å². The predicted octanol–water partition coefficient (Wildman–Crippen LogP) is 4.94. The third-order valence-electron chi connectivity index (χ3n) is 5.04. The van der Waals surface area contributed by atoms with Crippen molar-refractivity contribution in [2.24, 2.45) is 0 Å². The number of anilines is 1. The van der Waals surface area contributed by atoms with E-state index in [2.05, 4.69) is 36.0 Å². The van der Waals surface area contributed by atoms with Crippen molar-refractivity contribution in [3.63, 3.8) is 0 Å². The molecule has 0 unspecified atom stereocenters. The van der Waals surface area contributed by atoms with E-state index < -0.39 is 12.1 Å². The number of carbonyl (C=O) groups excluding carboxylic acids is 1. The van der Waals surface area contributed by atoms with Crippen LogP contribution in [0.15, 0.2) is 22.6 Å². The lowest BCUT2D eigenvalue weighted by molar-refractivity contribution is -0.135. The number of hydrogen-bond acceptors (Lipinski definition) is 7. The van der Waals surface area contributed by atoms with Gasteiger partial charge in [0.1, 0.15) is 12.7 Å². The van der Waals surface area contributed by atoms with Crippen molar-refractivity contribution in [2.45, 2.75) is 58.0 Å². The Morgan fingerprint density at radius 2 is 1.91 bits per heavy atom. The number of piperidine rings is 1. The van der Waals surface area contributed by atoms with Crippen LogP contribution in [-0.2, 0) is 9.59 Å². The van der Waals surface area contributed by atoms with Crippen molar-refractivity contribution in [3.8, 4) is 0 Å². The van der Waals surface area contributed by atoms with Crippen molar-refractivity contribution in [1.82, 2.24) is 15.2 Å². The lowest BCUT2D eigenvalue weighted by Gasteiger charge is -2.29. The second-order valence-corrected chi connectivity index (χ2v) is 10.0. The van der Waals surface area contributed by atoms with E-state index in [-0.39, 0.29) is 19.0 Å². The third-order valence-corrected chi connectivity index (χ3v) is 7.04. The van der Waals surface area contributed by atoms with Crippen LogP contribution >= 0.6 is 23.1 Å². The Morgan fingerprint density at radius 3 is 2.52 bits per heavy atom. The van der Waals surface area contributed by atoms with Crippen LogP contribution in [0.4, 0.5) is 9.52 Å². The van der Waals surface area contributed by atoms with Crippen molar-refractivity contribution in [3.05, 3.63) is 28.8 Å². The number of benzene rings is 1. The van der Waals surface area contributed by atoms with Crippen LogP contribution in [0.25, 0.3) is 10.2 Å². The topological polar surface area (TPSA) is 94.6 Å². The number of thioether (sulfide) groups is 1. The van der Waals surface area contributed by atoms with Crippen LogP contribution < -0.4 is 10.6 Å². The normalized spacial score (nSPS) is 13.9. The summed E-state index contributed by atoms with van der Waals surface area (Å²) in [5.41, 5.74) is 2.93. The number of aliphatic carboxylic acids is 1. The minimum atomic E-state index is -0.940. The zero-order valence-corrected chi connectivity index (χ0v) is 21.3. The van der Waals surface area contributed by atoms with Gasteiger partial charge in [-0.1, -0.05) is 49.9 Å². The van der Waals surface area contributed by atoms with Crippen LogP contribution in [0.3, 0.4) is 0 Å². The van der Waals surface area contributed by atoms with E-state index in [4.69, 9.17) is 5.11 Å². The molecule has 1 aromatic heterocycles. The Morgan fingerprint density at radius 1 is 1.27 bits per heavy atom. The molecule has 10 heteroatoms. The van der Waals surface area contributed by atoms with Crippen LogP contribution in [-0.4, -0.2) is 59.2 Å². The lowest BCUT2D eigenvalue weighted by atomic mass is 10.1. The largest absolute Gasteiger partial charge is 0.480 e. The summed E-state index contributed by atoms with van der Waals surface area (Å²) >= 11 is 2.84. The maximum atomic E-state index is 13.2. The average molecular weight is 497 g/mol. The number of nitrogens with zero attached hydrogens (tertiary/aromatic N) is 2. The molecule has 182 valence electrons. The number of thiazole rings is 1. The molecule has 0 bridgehead atoms. The molecule has 0 spiro atoms. The molecule has 1 aliphatic rings. The molecule has 33 heavy (non-hydrogen) atoms. The number of amides is 1. The van der Waals surface area contributed by atoms with Gasteiger partial charge in [-0.25, -0.2) is 9.37 Å². The van der Waals surface area contributed by atoms with Crippen LogP contribution in [0.5, 0.6) is 0 Å². The number of carbonyl (C=O) groups is 2. The maximum Gasteiger partial charge on any atom is 0.322 e. The standard InChI is InChI=1S/C20H25FN4O3S2.C3H8/c1-11-12(2)19-16(30-20(24-19)23-10-18(27)28)8-15(11)29-13(3)22-9-17(26)25-6-4-14(21)5-7-25;1-3-2/h8,14,22H,3-7,9-10H2,1-2H3,(H,23,24)(H,27,28);3H2,1-2H3. The number of alkyl halides is 1. The van der Waals surface area contributed by atoms with Gasteiger partial charge in [-0.2, -0.15) is 0 Å². The SMILES string of the molecule is C=C(NCC(=O)N1CCC(F)CC1)Sc1cc2sc(NCC(=O)O)nc2c(C)c1C.CCC. The molecule has 0 saturated carbocycles. The molecule has 3 rings (SSSR count). The van der Waals surface area contributed by atoms with Gasteiger partial charge in [0, 0.05) is 18.0 Å². The predicted molar refractivity (Wildman–Crippen MR) is 135 cm³/mol. The summed E-state index contributed by atoms with van der Waals surface area (Å²) in [6.45, 7) is 13.1. The quantitative estimate of drug-likeness (QED) is 0.446. The van der Waals surface area contributed by atoms with Gasteiger partial charge in [0.2, 0.25) is 5.91 Å². The number of aromatic nitrogens is 1. The Labute approximate surface area is 202 Å². The van der Waals surface area contributed by atoms with Crippen molar-refractivity contribution in [2.75, 3.05) is 31.5 Å². The number of fused-ring (bicyclic) bond motifs is 1. The molecule has 1 amide bonds. The average Bonchev–Trinajstić information content (AvgIpc) is 3.18. The number of rotatable bonds is 8. The first-order valence-corrected chi connectivity index (χ1v) is 12.7. The van der Waals surface area contributed by atoms with Crippen molar-refractivity contribution < 1.29 is 19.1 Å². The summed E-state index contributed by atoms with van der Waals surface area (Å²) in [7, 11) is 0. The van der Waals surface area contributed by atoms with Gasteiger partial charge in [0.25, 0.3) is 0 Å². The molecule has 0 atom stereocenters. The summed E-state index contributed by atoms with van der Waals surface area (Å²) in [6, 6.07) is 2.01. The lowest BCUT2D eigenvalue weighted by Crippen LogP contribution is -2.43. The van der Waals surface area contributed by atoms with E-state index in [1.807, 2.05) is 19.9 Å². The third kappa shape index (κ3) is 7.89. The molecule has 0 radical (unpaired) electrons. The fourth-order valence-electron chi connectivity index (χ4n) is 3.17. The van der Waals surface area contributed by atoms with Gasteiger partial charge < -0.3 is 20.6 Å². The van der Waals surface area contributed by atoms with Gasteiger partial charge in [-0.05, 0) is 43.9 Å². The molecule has 1 aromatic carbocycles. The number of hydrogen-bond donors (Lipinski definition) is 3. The Bertz CT molecular complexity index is 988.